The van der Waals surface area contributed by atoms with E-state index < -0.39 is 6.04 Å². The molecule has 4 heteroatoms. The second-order valence-electron chi connectivity index (χ2n) is 5.23. The molecule has 0 radical (unpaired) electrons. The number of carbonyl (C=O) groups is 1. The fourth-order valence-electron chi connectivity index (χ4n) is 1.31. The summed E-state index contributed by atoms with van der Waals surface area (Å²) in [5.74, 6) is 0.0528. The number of rotatable bonds is 3. The zero-order valence-corrected chi connectivity index (χ0v) is 10.5. The van der Waals surface area contributed by atoms with Crippen LogP contribution in [0.5, 0.6) is 5.75 Å². The van der Waals surface area contributed by atoms with Crippen molar-refractivity contribution < 1.29 is 9.90 Å². The molecule has 0 saturated heterocycles. The van der Waals surface area contributed by atoms with E-state index in [0.717, 1.165) is 5.56 Å². The number of benzene rings is 1. The van der Waals surface area contributed by atoms with Crippen molar-refractivity contribution >= 4 is 5.91 Å². The lowest BCUT2D eigenvalue weighted by molar-refractivity contribution is -0.124. The van der Waals surface area contributed by atoms with Gasteiger partial charge in [0.05, 0.1) is 6.04 Å². The first-order valence-corrected chi connectivity index (χ1v) is 5.62. The van der Waals surface area contributed by atoms with E-state index in [4.69, 9.17) is 10.8 Å². The van der Waals surface area contributed by atoms with Crippen LogP contribution in [-0.2, 0) is 11.3 Å². The number of aromatic hydroxyl groups is 1. The molecule has 1 amide bonds. The summed E-state index contributed by atoms with van der Waals surface area (Å²) < 4.78 is 0. The van der Waals surface area contributed by atoms with Gasteiger partial charge in [-0.3, -0.25) is 4.79 Å². The molecule has 4 nitrogen and oxygen atoms in total. The van der Waals surface area contributed by atoms with Crippen LogP contribution < -0.4 is 11.1 Å². The Morgan fingerprint density at radius 3 is 2.35 bits per heavy atom. The van der Waals surface area contributed by atoms with Crippen LogP contribution in [0.25, 0.3) is 0 Å². The van der Waals surface area contributed by atoms with Crippen LogP contribution in [0.3, 0.4) is 0 Å². The highest BCUT2D eigenvalue weighted by Gasteiger charge is 2.26. The fourth-order valence-corrected chi connectivity index (χ4v) is 1.31. The molecule has 0 aromatic heterocycles. The monoisotopic (exact) mass is 236 g/mol. The molecule has 0 heterocycles. The number of nitrogens with one attached hydrogen (secondary N) is 1. The maximum Gasteiger partial charge on any atom is 0.237 e. The van der Waals surface area contributed by atoms with Gasteiger partial charge < -0.3 is 16.2 Å². The van der Waals surface area contributed by atoms with E-state index in [-0.39, 0.29) is 17.1 Å². The van der Waals surface area contributed by atoms with Gasteiger partial charge in [0.25, 0.3) is 0 Å². The van der Waals surface area contributed by atoms with Crippen molar-refractivity contribution in [3.63, 3.8) is 0 Å². The largest absolute Gasteiger partial charge is 0.508 e. The number of phenolic OH excluding ortho intramolecular Hbond substituents is 1. The first kappa shape index (κ1) is 13.5. The molecule has 4 N–H and O–H groups in total. The topological polar surface area (TPSA) is 75.4 Å². The van der Waals surface area contributed by atoms with Gasteiger partial charge in [0.15, 0.2) is 0 Å². The minimum Gasteiger partial charge on any atom is -0.508 e. The van der Waals surface area contributed by atoms with Crippen molar-refractivity contribution in [1.82, 2.24) is 5.32 Å². The Morgan fingerprint density at radius 1 is 1.35 bits per heavy atom. The standard InChI is InChI=1S/C13H20N2O2/c1-13(2,3)11(14)12(17)15-8-9-4-6-10(16)7-5-9/h4-7,11,16H,8,14H2,1-3H3,(H,15,17)/t11-/m1/s1. The van der Waals surface area contributed by atoms with Gasteiger partial charge in [-0.15, -0.1) is 0 Å². The molecule has 1 aromatic carbocycles. The number of phenols is 1. The molecule has 1 atom stereocenters. The molecule has 0 spiro atoms. The summed E-state index contributed by atoms with van der Waals surface area (Å²) in [6, 6.07) is 6.17. The highest BCUT2D eigenvalue weighted by atomic mass is 16.3. The predicted octanol–water partition coefficient (Wildman–Crippen LogP) is 1.38. The first-order valence-electron chi connectivity index (χ1n) is 5.62. The zero-order chi connectivity index (χ0) is 13.1. The van der Waals surface area contributed by atoms with Gasteiger partial charge in [-0.05, 0) is 23.1 Å². The maximum absolute atomic E-state index is 11.7. The number of carbonyl (C=O) groups excluding carboxylic acids is 1. The van der Waals surface area contributed by atoms with Gasteiger partial charge in [0.1, 0.15) is 5.75 Å². The van der Waals surface area contributed by atoms with E-state index in [1.54, 1.807) is 24.3 Å². The van der Waals surface area contributed by atoms with Crippen LogP contribution in [-0.4, -0.2) is 17.1 Å². The molecular formula is C13H20N2O2. The summed E-state index contributed by atoms with van der Waals surface area (Å²) in [6.45, 7) is 6.20. The molecule has 0 unspecified atom stereocenters. The number of nitrogens with two attached hydrogens (primary N) is 1. The van der Waals surface area contributed by atoms with Crippen LogP contribution in [0.2, 0.25) is 0 Å². The molecular weight excluding hydrogens is 216 g/mol. The Morgan fingerprint density at radius 2 is 1.88 bits per heavy atom. The second kappa shape index (κ2) is 5.19. The van der Waals surface area contributed by atoms with E-state index in [1.165, 1.54) is 0 Å². The average Bonchev–Trinajstić information content (AvgIpc) is 2.25. The third-order valence-corrected chi connectivity index (χ3v) is 2.62. The van der Waals surface area contributed by atoms with E-state index in [0.29, 0.717) is 6.54 Å². The van der Waals surface area contributed by atoms with Gasteiger partial charge in [0, 0.05) is 6.54 Å². The zero-order valence-electron chi connectivity index (χ0n) is 10.5. The molecule has 0 bridgehead atoms. The highest BCUT2D eigenvalue weighted by Crippen LogP contribution is 2.17. The average molecular weight is 236 g/mol. The van der Waals surface area contributed by atoms with E-state index in [2.05, 4.69) is 5.32 Å². The summed E-state index contributed by atoms with van der Waals surface area (Å²) in [5.41, 5.74) is 6.51. The van der Waals surface area contributed by atoms with Crippen LogP contribution >= 0.6 is 0 Å². The van der Waals surface area contributed by atoms with Crippen LogP contribution in [0.1, 0.15) is 26.3 Å². The third-order valence-electron chi connectivity index (χ3n) is 2.62. The maximum atomic E-state index is 11.7. The Labute approximate surface area is 102 Å². The van der Waals surface area contributed by atoms with Gasteiger partial charge in [-0.2, -0.15) is 0 Å². The molecule has 1 aromatic rings. The molecule has 0 aliphatic rings. The van der Waals surface area contributed by atoms with E-state index >= 15 is 0 Å². The minimum absolute atomic E-state index is 0.162. The lowest BCUT2D eigenvalue weighted by Gasteiger charge is -2.25. The molecule has 1 rings (SSSR count). The number of hydrogen-bond donors (Lipinski definition) is 3. The fraction of sp³-hybridized carbons (Fsp3) is 0.462. The third kappa shape index (κ3) is 4.07. The minimum atomic E-state index is -0.528. The highest BCUT2D eigenvalue weighted by molar-refractivity contribution is 5.82. The lowest BCUT2D eigenvalue weighted by Crippen LogP contribution is -2.48. The van der Waals surface area contributed by atoms with Crippen LogP contribution in [0, 0.1) is 5.41 Å². The van der Waals surface area contributed by atoms with Gasteiger partial charge in [0.2, 0.25) is 5.91 Å². The van der Waals surface area contributed by atoms with Gasteiger partial charge in [-0.1, -0.05) is 32.9 Å². The summed E-state index contributed by atoms with van der Waals surface area (Å²) in [6.07, 6.45) is 0. The quantitative estimate of drug-likeness (QED) is 0.742. The van der Waals surface area contributed by atoms with Crippen LogP contribution in [0.4, 0.5) is 0 Å². The first-order chi connectivity index (χ1) is 7.80. The van der Waals surface area contributed by atoms with Crippen LogP contribution in [0.15, 0.2) is 24.3 Å². The van der Waals surface area contributed by atoms with E-state index in [9.17, 15) is 4.79 Å². The van der Waals surface area contributed by atoms with Gasteiger partial charge in [-0.25, -0.2) is 0 Å². The molecule has 0 aliphatic carbocycles. The predicted molar refractivity (Wildman–Crippen MR) is 67.4 cm³/mol. The summed E-state index contributed by atoms with van der Waals surface area (Å²) in [4.78, 5) is 11.7. The van der Waals surface area contributed by atoms with E-state index in [1.807, 2.05) is 20.8 Å². The van der Waals surface area contributed by atoms with Crippen molar-refractivity contribution in [2.45, 2.75) is 33.4 Å². The Hall–Kier alpha value is -1.55. The summed E-state index contributed by atoms with van der Waals surface area (Å²) in [5, 5.41) is 11.9. The SMILES string of the molecule is CC(C)(C)[C@H](N)C(=O)NCc1ccc(O)cc1. The Bertz CT molecular complexity index is 379. The molecule has 0 fully saturated rings. The Kier molecular flexibility index (Phi) is 4.12. The van der Waals surface area contributed by atoms with Crippen molar-refractivity contribution in [3.05, 3.63) is 29.8 Å². The second-order valence-corrected chi connectivity index (χ2v) is 5.23. The summed E-state index contributed by atoms with van der Waals surface area (Å²) in [7, 11) is 0. The number of amides is 1. The van der Waals surface area contributed by atoms with Crippen molar-refractivity contribution in [3.8, 4) is 5.75 Å². The molecule has 0 saturated carbocycles. The van der Waals surface area contributed by atoms with Crippen molar-refractivity contribution in [2.75, 3.05) is 0 Å². The smallest absolute Gasteiger partial charge is 0.237 e. The molecule has 17 heavy (non-hydrogen) atoms. The lowest BCUT2D eigenvalue weighted by atomic mass is 9.87. The molecule has 94 valence electrons. The normalized spacial score (nSPS) is 13.2. The van der Waals surface area contributed by atoms with Crippen molar-refractivity contribution in [2.24, 2.45) is 11.1 Å². The van der Waals surface area contributed by atoms with Crippen molar-refractivity contribution in [1.29, 1.82) is 0 Å². The summed E-state index contributed by atoms with van der Waals surface area (Å²) >= 11 is 0. The van der Waals surface area contributed by atoms with Gasteiger partial charge >= 0.3 is 0 Å². The Balaban J connectivity index is 2.51. The number of hydrogen-bond acceptors (Lipinski definition) is 3. The molecule has 0 aliphatic heterocycles.